The van der Waals surface area contributed by atoms with Crippen LogP contribution >= 0.6 is 11.8 Å². The Hall–Kier alpha value is -3.78. The minimum absolute atomic E-state index is 0.158. The van der Waals surface area contributed by atoms with Gasteiger partial charge in [0.25, 0.3) is 0 Å². The summed E-state index contributed by atoms with van der Waals surface area (Å²) in [7, 11) is 0. The molecule has 0 aliphatic carbocycles. The molecule has 0 fully saturated rings. The minimum Gasteiger partial charge on any atom is -0.323 e. The molecule has 33 heavy (non-hydrogen) atoms. The number of halogens is 1. The van der Waals surface area contributed by atoms with Gasteiger partial charge in [0, 0.05) is 10.9 Å². The van der Waals surface area contributed by atoms with Crippen LogP contribution in [0.2, 0.25) is 0 Å². The van der Waals surface area contributed by atoms with E-state index in [1.807, 2.05) is 61.5 Å². The lowest BCUT2D eigenvalue weighted by Gasteiger charge is -2.15. The van der Waals surface area contributed by atoms with Crippen LogP contribution in [0.25, 0.3) is 27.9 Å². The molecule has 0 saturated heterocycles. The lowest BCUT2D eigenvalue weighted by molar-refractivity contribution is -0.115. The maximum absolute atomic E-state index is 14.0. The molecule has 1 unspecified atom stereocenters. The van der Waals surface area contributed by atoms with Gasteiger partial charge in [0.05, 0.1) is 16.5 Å². The van der Waals surface area contributed by atoms with Gasteiger partial charge >= 0.3 is 0 Å². The Bertz CT molecular complexity index is 1450. The van der Waals surface area contributed by atoms with Crippen LogP contribution < -0.4 is 5.32 Å². The van der Waals surface area contributed by atoms with E-state index in [0.29, 0.717) is 23.0 Å². The number of hydrogen-bond donors (Lipinski definition) is 1. The van der Waals surface area contributed by atoms with E-state index in [0.717, 1.165) is 16.5 Å². The van der Waals surface area contributed by atoms with Crippen molar-refractivity contribution in [1.82, 2.24) is 19.6 Å². The SMILES string of the molecule is CCC(Sc1nc2ccccc2c2nc(-c3ccccc3)nn12)C(=O)Nc1ccccc1F. The fraction of sp³-hybridized carbons (Fsp3) is 0.120. The highest BCUT2D eigenvalue weighted by atomic mass is 32.2. The van der Waals surface area contributed by atoms with E-state index < -0.39 is 11.1 Å². The number of hydrogen-bond acceptors (Lipinski definition) is 5. The monoisotopic (exact) mass is 457 g/mol. The Kier molecular flexibility index (Phi) is 5.75. The summed E-state index contributed by atoms with van der Waals surface area (Å²) in [5.41, 5.74) is 2.49. The average molecular weight is 458 g/mol. The third-order valence-electron chi connectivity index (χ3n) is 5.22. The van der Waals surface area contributed by atoms with Gasteiger partial charge in [-0.3, -0.25) is 4.79 Å². The molecule has 0 aliphatic rings. The highest BCUT2D eigenvalue weighted by Gasteiger charge is 2.23. The maximum Gasteiger partial charge on any atom is 0.238 e. The highest BCUT2D eigenvalue weighted by Crippen LogP contribution is 2.30. The van der Waals surface area contributed by atoms with E-state index in [1.165, 1.54) is 17.8 Å². The first-order chi connectivity index (χ1) is 16.1. The first-order valence-corrected chi connectivity index (χ1v) is 11.4. The molecule has 1 N–H and O–H groups in total. The number of rotatable bonds is 6. The van der Waals surface area contributed by atoms with Crippen LogP contribution in [-0.4, -0.2) is 30.7 Å². The third kappa shape index (κ3) is 4.17. The Morgan fingerprint density at radius 3 is 2.52 bits per heavy atom. The molecule has 0 bridgehead atoms. The predicted molar refractivity (Wildman–Crippen MR) is 129 cm³/mol. The number of fused-ring (bicyclic) bond motifs is 3. The van der Waals surface area contributed by atoms with E-state index in [4.69, 9.17) is 15.1 Å². The van der Waals surface area contributed by atoms with Crippen LogP contribution in [0.15, 0.2) is 84.0 Å². The van der Waals surface area contributed by atoms with Crippen molar-refractivity contribution in [1.29, 1.82) is 0 Å². The smallest absolute Gasteiger partial charge is 0.238 e. The van der Waals surface area contributed by atoms with Crippen LogP contribution in [0.4, 0.5) is 10.1 Å². The Morgan fingerprint density at radius 1 is 1.00 bits per heavy atom. The van der Waals surface area contributed by atoms with Gasteiger partial charge in [0.1, 0.15) is 5.82 Å². The third-order valence-corrected chi connectivity index (χ3v) is 6.53. The second kappa shape index (κ2) is 8.99. The fourth-order valence-corrected chi connectivity index (χ4v) is 4.51. The van der Waals surface area contributed by atoms with Crippen LogP contribution in [0.3, 0.4) is 0 Å². The molecule has 2 aromatic heterocycles. The van der Waals surface area contributed by atoms with E-state index in [-0.39, 0.29) is 11.6 Å². The molecule has 6 nitrogen and oxygen atoms in total. The summed E-state index contributed by atoms with van der Waals surface area (Å²) in [5, 5.41) is 8.33. The van der Waals surface area contributed by atoms with Crippen molar-refractivity contribution in [2.75, 3.05) is 5.32 Å². The topological polar surface area (TPSA) is 72.2 Å². The number of amides is 1. The number of carbonyl (C=O) groups excluding carboxylic acids is 1. The lowest BCUT2D eigenvalue weighted by Crippen LogP contribution is -2.25. The van der Waals surface area contributed by atoms with Gasteiger partial charge in [-0.05, 0) is 30.7 Å². The van der Waals surface area contributed by atoms with Crippen LogP contribution in [0.1, 0.15) is 13.3 Å². The van der Waals surface area contributed by atoms with Crippen molar-refractivity contribution in [3.05, 3.63) is 84.7 Å². The van der Waals surface area contributed by atoms with Gasteiger partial charge in [-0.2, -0.15) is 4.52 Å². The zero-order valence-electron chi connectivity index (χ0n) is 17.8. The molecule has 1 atom stereocenters. The van der Waals surface area contributed by atoms with Crippen molar-refractivity contribution >= 4 is 39.9 Å². The number of nitrogens with one attached hydrogen (secondary N) is 1. The van der Waals surface area contributed by atoms with Crippen molar-refractivity contribution in [3.63, 3.8) is 0 Å². The van der Waals surface area contributed by atoms with Gasteiger partial charge in [-0.15, -0.1) is 5.10 Å². The van der Waals surface area contributed by atoms with Crippen LogP contribution in [-0.2, 0) is 4.79 Å². The summed E-state index contributed by atoms with van der Waals surface area (Å²) in [5.74, 6) is -0.181. The molecule has 164 valence electrons. The summed E-state index contributed by atoms with van der Waals surface area (Å²) in [6.45, 7) is 1.91. The van der Waals surface area contributed by atoms with Gasteiger partial charge in [0.15, 0.2) is 16.6 Å². The average Bonchev–Trinajstić information content (AvgIpc) is 3.30. The molecular formula is C25H20FN5OS. The molecule has 0 radical (unpaired) electrons. The van der Waals surface area contributed by atoms with E-state index in [2.05, 4.69) is 5.32 Å². The number of benzene rings is 3. The quantitative estimate of drug-likeness (QED) is 0.266. The van der Waals surface area contributed by atoms with Crippen molar-refractivity contribution in [2.45, 2.75) is 23.8 Å². The molecule has 8 heteroatoms. The predicted octanol–water partition coefficient (Wildman–Crippen LogP) is 5.59. The number of nitrogens with zero attached hydrogens (tertiary/aromatic N) is 4. The first kappa shape index (κ1) is 21.1. The molecule has 0 spiro atoms. The van der Waals surface area contributed by atoms with Crippen LogP contribution in [0.5, 0.6) is 0 Å². The lowest BCUT2D eigenvalue weighted by atomic mass is 10.2. The minimum atomic E-state index is -0.495. The van der Waals surface area contributed by atoms with Crippen molar-refractivity contribution in [3.8, 4) is 11.4 Å². The Labute approximate surface area is 193 Å². The maximum atomic E-state index is 14.0. The number of thioether (sulfide) groups is 1. The zero-order chi connectivity index (χ0) is 22.8. The molecule has 0 saturated carbocycles. The molecule has 5 rings (SSSR count). The van der Waals surface area contributed by atoms with E-state index in [1.54, 1.807) is 22.7 Å². The van der Waals surface area contributed by atoms with Gasteiger partial charge in [0.2, 0.25) is 5.91 Å². The first-order valence-electron chi connectivity index (χ1n) is 10.6. The highest BCUT2D eigenvalue weighted by molar-refractivity contribution is 8.00. The van der Waals surface area contributed by atoms with Gasteiger partial charge in [-0.25, -0.2) is 14.4 Å². The van der Waals surface area contributed by atoms with Gasteiger partial charge < -0.3 is 5.32 Å². The van der Waals surface area contributed by atoms with Crippen molar-refractivity contribution in [2.24, 2.45) is 0 Å². The van der Waals surface area contributed by atoms with E-state index in [9.17, 15) is 9.18 Å². The Morgan fingerprint density at radius 2 is 1.73 bits per heavy atom. The van der Waals surface area contributed by atoms with Crippen molar-refractivity contribution < 1.29 is 9.18 Å². The Balaban J connectivity index is 1.55. The second-order valence-electron chi connectivity index (χ2n) is 7.43. The number of para-hydroxylation sites is 2. The van der Waals surface area contributed by atoms with Crippen LogP contribution in [0, 0.1) is 5.82 Å². The summed E-state index contributed by atoms with van der Waals surface area (Å²) in [6.07, 6.45) is 0.529. The molecule has 0 aliphatic heterocycles. The normalized spacial score (nSPS) is 12.2. The van der Waals surface area contributed by atoms with E-state index >= 15 is 0 Å². The second-order valence-corrected chi connectivity index (χ2v) is 8.60. The number of aromatic nitrogens is 4. The molecule has 1 amide bonds. The number of anilines is 1. The van der Waals surface area contributed by atoms with Gasteiger partial charge in [-0.1, -0.05) is 73.3 Å². The summed E-state index contributed by atoms with van der Waals surface area (Å²) in [6, 6.07) is 23.6. The standard InChI is InChI=1S/C25H20FN5OS/c1-2-21(24(32)27-20-15-9-7-13-18(20)26)33-25-28-19-14-8-6-12-17(19)23-29-22(30-31(23)25)16-10-4-3-5-11-16/h3-15,21H,2H2,1H3,(H,27,32). The largest absolute Gasteiger partial charge is 0.323 e. The molecule has 2 heterocycles. The summed E-state index contributed by atoms with van der Waals surface area (Å²) in [4.78, 5) is 22.5. The molecule has 3 aromatic carbocycles. The number of carbonyl (C=O) groups is 1. The molecule has 5 aromatic rings. The molecular weight excluding hydrogens is 437 g/mol. The summed E-state index contributed by atoms with van der Waals surface area (Å²) >= 11 is 1.29. The zero-order valence-corrected chi connectivity index (χ0v) is 18.6. The fourth-order valence-electron chi connectivity index (χ4n) is 3.54. The summed E-state index contributed by atoms with van der Waals surface area (Å²) < 4.78 is 15.7.